The zero-order valence-corrected chi connectivity index (χ0v) is 24.2. The van der Waals surface area contributed by atoms with Gasteiger partial charge in [0.2, 0.25) is 0 Å². The predicted octanol–water partition coefficient (Wildman–Crippen LogP) is 12.3. The maximum atomic E-state index is 8.53. The Morgan fingerprint density at radius 1 is 0.412 bits per heavy atom. The highest BCUT2D eigenvalue weighted by Gasteiger charge is 2.06. The second-order valence-corrected chi connectivity index (χ2v) is 11.7. The molecule has 0 spiro atoms. The van der Waals surface area contributed by atoms with Crippen LogP contribution in [-0.4, -0.2) is 0 Å². The van der Waals surface area contributed by atoms with Crippen LogP contribution in [0.4, 0.5) is 0 Å². The molecule has 0 aliphatic rings. The number of unbranched alkanes of at least 4 members (excludes halogenated alkanes) is 20. The Balaban J connectivity index is 3.19. The molecule has 0 saturated carbocycles. The van der Waals surface area contributed by atoms with Crippen LogP contribution in [0.25, 0.3) is 0 Å². The normalized spacial score (nSPS) is 13.1. The smallest absolute Gasteiger partial charge is 0.0621 e. The van der Waals surface area contributed by atoms with Gasteiger partial charge in [0.15, 0.2) is 0 Å². The Morgan fingerprint density at radius 3 is 1.06 bits per heavy atom. The van der Waals surface area contributed by atoms with Gasteiger partial charge in [-0.2, -0.15) is 5.26 Å². The van der Waals surface area contributed by atoms with E-state index in [1.54, 1.807) is 0 Å². The highest BCUT2D eigenvalue weighted by molar-refractivity contribution is 4.67. The molecular weight excluding hydrogens is 410 g/mol. The van der Waals surface area contributed by atoms with E-state index < -0.39 is 0 Å². The highest BCUT2D eigenvalue weighted by atomic mass is 14.2. The first-order valence-electron chi connectivity index (χ1n) is 16.1. The minimum absolute atomic E-state index is 0.748. The van der Waals surface area contributed by atoms with E-state index in [1.807, 2.05) is 0 Å². The second-order valence-electron chi connectivity index (χ2n) is 11.7. The van der Waals surface area contributed by atoms with Crippen molar-refractivity contribution in [2.75, 3.05) is 0 Å². The van der Waals surface area contributed by atoms with E-state index in [0.29, 0.717) is 0 Å². The number of hydrogen-bond donors (Lipinski definition) is 0. The maximum absolute atomic E-state index is 8.53. The summed E-state index contributed by atoms with van der Waals surface area (Å²) in [4.78, 5) is 0. The third kappa shape index (κ3) is 27.7. The number of rotatable bonds is 28. The molecule has 202 valence electrons. The third-order valence-electron chi connectivity index (χ3n) is 7.93. The molecule has 0 aromatic heterocycles. The van der Waals surface area contributed by atoms with E-state index in [4.69, 9.17) is 5.26 Å². The lowest BCUT2D eigenvalue weighted by Gasteiger charge is -2.14. The van der Waals surface area contributed by atoms with Gasteiger partial charge in [-0.1, -0.05) is 181 Å². The van der Waals surface area contributed by atoms with Gasteiger partial charge in [0.05, 0.1) is 6.07 Å². The van der Waals surface area contributed by atoms with Gasteiger partial charge in [0.1, 0.15) is 0 Å². The molecule has 34 heavy (non-hydrogen) atoms. The van der Waals surface area contributed by atoms with Crippen LogP contribution in [0.1, 0.15) is 194 Å². The number of hydrogen-bond acceptors (Lipinski definition) is 1. The predicted molar refractivity (Wildman–Crippen MR) is 154 cm³/mol. The quantitative estimate of drug-likeness (QED) is 0.103. The van der Waals surface area contributed by atoms with Crippen LogP contribution >= 0.6 is 0 Å². The first-order valence-corrected chi connectivity index (χ1v) is 16.1. The van der Waals surface area contributed by atoms with Crippen LogP contribution in [0, 0.1) is 23.2 Å². The van der Waals surface area contributed by atoms with Crippen LogP contribution in [0.3, 0.4) is 0 Å². The Hall–Kier alpha value is -0.510. The van der Waals surface area contributed by atoms with Gasteiger partial charge in [-0.25, -0.2) is 0 Å². The number of nitriles is 1. The summed E-state index contributed by atoms with van der Waals surface area (Å²) in [5, 5.41) is 8.53. The molecule has 0 rings (SSSR count). The first kappa shape index (κ1) is 33.5. The topological polar surface area (TPSA) is 23.8 Å². The number of nitrogens with zero attached hydrogens (tertiary/aromatic N) is 1. The Labute approximate surface area is 217 Å². The summed E-state index contributed by atoms with van der Waals surface area (Å²) in [7, 11) is 0. The molecule has 0 saturated heterocycles. The van der Waals surface area contributed by atoms with Gasteiger partial charge in [0.25, 0.3) is 0 Å². The summed E-state index contributed by atoms with van der Waals surface area (Å²) in [6.45, 7) is 7.27. The van der Waals surface area contributed by atoms with Crippen molar-refractivity contribution in [3.63, 3.8) is 0 Å². The molecule has 0 fully saturated rings. The summed E-state index contributed by atoms with van der Waals surface area (Å²) in [6.07, 6.45) is 37.7. The molecule has 0 aromatic carbocycles. The molecule has 2 unspecified atom stereocenters. The van der Waals surface area contributed by atoms with Crippen LogP contribution in [-0.2, 0) is 0 Å². The minimum atomic E-state index is 0.748. The van der Waals surface area contributed by atoms with Crippen LogP contribution in [0.2, 0.25) is 0 Å². The van der Waals surface area contributed by atoms with Crippen molar-refractivity contribution in [2.24, 2.45) is 11.8 Å². The molecule has 0 aliphatic carbocycles. The lowest BCUT2D eigenvalue weighted by atomic mass is 9.92. The second kappa shape index (κ2) is 28.7. The average molecular weight is 476 g/mol. The fourth-order valence-electron chi connectivity index (χ4n) is 5.37. The highest BCUT2D eigenvalue weighted by Crippen LogP contribution is 2.21. The van der Waals surface area contributed by atoms with Gasteiger partial charge in [-0.05, 0) is 18.3 Å². The Kier molecular flexibility index (Phi) is 28.3. The fraction of sp³-hybridized carbons (Fsp3) is 0.970. The van der Waals surface area contributed by atoms with E-state index in [1.165, 1.54) is 161 Å². The average Bonchev–Trinajstić information content (AvgIpc) is 2.83. The van der Waals surface area contributed by atoms with Crippen molar-refractivity contribution in [3.8, 4) is 6.07 Å². The van der Waals surface area contributed by atoms with Gasteiger partial charge in [-0.15, -0.1) is 0 Å². The summed E-state index contributed by atoms with van der Waals surface area (Å²) in [5.74, 6) is 1.90. The van der Waals surface area contributed by atoms with E-state index >= 15 is 0 Å². The Bertz CT molecular complexity index is 409. The molecular formula is C33H65N. The lowest BCUT2D eigenvalue weighted by Crippen LogP contribution is -1.99. The third-order valence-corrected chi connectivity index (χ3v) is 7.93. The standard InChI is InChI=1S/C33H65N/c1-4-5-6-23-27-32(2)29-26-30-33(3)28-24-21-19-17-15-13-11-9-7-8-10-12-14-16-18-20-22-25-31-34/h32-33H,4-30H2,1-3H3. The van der Waals surface area contributed by atoms with E-state index in [0.717, 1.165) is 24.7 Å². The van der Waals surface area contributed by atoms with Crippen molar-refractivity contribution >= 4 is 0 Å². The molecule has 0 radical (unpaired) electrons. The van der Waals surface area contributed by atoms with Crippen LogP contribution in [0.15, 0.2) is 0 Å². The van der Waals surface area contributed by atoms with Gasteiger partial charge >= 0.3 is 0 Å². The zero-order valence-electron chi connectivity index (χ0n) is 24.2. The molecule has 0 aromatic rings. The van der Waals surface area contributed by atoms with Crippen molar-refractivity contribution in [2.45, 2.75) is 194 Å². The van der Waals surface area contributed by atoms with Crippen molar-refractivity contribution < 1.29 is 0 Å². The molecule has 0 heterocycles. The molecule has 0 aliphatic heterocycles. The van der Waals surface area contributed by atoms with Gasteiger partial charge in [-0.3, -0.25) is 0 Å². The summed E-state index contributed by atoms with van der Waals surface area (Å²) >= 11 is 0. The van der Waals surface area contributed by atoms with Crippen molar-refractivity contribution in [1.82, 2.24) is 0 Å². The zero-order chi connectivity index (χ0) is 25.0. The molecule has 0 bridgehead atoms. The summed E-state index contributed by atoms with van der Waals surface area (Å²) in [5.41, 5.74) is 0. The monoisotopic (exact) mass is 476 g/mol. The van der Waals surface area contributed by atoms with Crippen molar-refractivity contribution in [1.29, 1.82) is 5.26 Å². The lowest BCUT2D eigenvalue weighted by molar-refractivity contribution is 0.391. The van der Waals surface area contributed by atoms with Gasteiger partial charge < -0.3 is 0 Å². The van der Waals surface area contributed by atoms with Crippen LogP contribution in [0.5, 0.6) is 0 Å². The minimum Gasteiger partial charge on any atom is -0.198 e. The van der Waals surface area contributed by atoms with Gasteiger partial charge in [0, 0.05) is 6.42 Å². The largest absolute Gasteiger partial charge is 0.198 e. The van der Waals surface area contributed by atoms with E-state index in [9.17, 15) is 0 Å². The van der Waals surface area contributed by atoms with Crippen molar-refractivity contribution in [3.05, 3.63) is 0 Å². The molecule has 0 N–H and O–H groups in total. The van der Waals surface area contributed by atoms with Crippen LogP contribution < -0.4 is 0 Å². The SMILES string of the molecule is CCCCCCC(C)CCCC(C)CCCCCCCCCCCCCCCCCCCC#N. The molecule has 0 amide bonds. The molecule has 2 atom stereocenters. The summed E-state index contributed by atoms with van der Waals surface area (Å²) < 4.78 is 0. The Morgan fingerprint density at radius 2 is 0.706 bits per heavy atom. The maximum Gasteiger partial charge on any atom is 0.0621 e. The first-order chi connectivity index (χ1) is 16.7. The molecule has 1 nitrogen and oxygen atoms in total. The molecule has 1 heteroatoms. The van der Waals surface area contributed by atoms with E-state index in [2.05, 4.69) is 26.8 Å². The van der Waals surface area contributed by atoms with E-state index in [-0.39, 0.29) is 0 Å². The summed E-state index contributed by atoms with van der Waals surface area (Å²) in [6, 6.07) is 2.24. The fourth-order valence-corrected chi connectivity index (χ4v) is 5.37.